The van der Waals surface area contributed by atoms with Crippen LogP contribution in [0.25, 0.3) is 0 Å². The number of hydrogen-bond acceptors (Lipinski definition) is 3. The molecule has 1 atom stereocenters. The van der Waals surface area contributed by atoms with Gasteiger partial charge in [-0.2, -0.15) is 5.10 Å². The van der Waals surface area contributed by atoms with Gasteiger partial charge in [0.15, 0.2) is 5.22 Å². The molecule has 0 bridgehead atoms. The van der Waals surface area contributed by atoms with Crippen molar-refractivity contribution in [1.82, 2.24) is 9.78 Å². The Hall–Kier alpha value is -1.26. The Morgan fingerprint density at radius 2 is 2.40 bits per heavy atom. The molecule has 80 valence electrons. The second kappa shape index (κ2) is 4.08. The average Bonchev–Trinajstić information content (AvgIpc) is 2.84. The summed E-state index contributed by atoms with van der Waals surface area (Å²) in [6.45, 7) is 2.80. The number of rotatable bonds is 3. The molecule has 4 nitrogen and oxygen atoms in total. The van der Waals surface area contributed by atoms with Crippen LogP contribution in [0.2, 0.25) is 5.22 Å². The van der Waals surface area contributed by atoms with Gasteiger partial charge in [-0.05, 0) is 30.7 Å². The summed E-state index contributed by atoms with van der Waals surface area (Å²) in [5.41, 5.74) is 7.79. The first-order chi connectivity index (χ1) is 7.24. The maximum absolute atomic E-state index is 6.08. The predicted molar refractivity (Wildman–Crippen MR) is 57.6 cm³/mol. The minimum Gasteiger partial charge on any atom is -0.453 e. The molecule has 5 heteroatoms. The van der Waals surface area contributed by atoms with Gasteiger partial charge in [0.25, 0.3) is 0 Å². The van der Waals surface area contributed by atoms with Crippen LogP contribution in [0.15, 0.2) is 29.0 Å². The van der Waals surface area contributed by atoms with Gasteiger partial charge >= 0.3 is 0 Å². The van der Waals surface area contributed by atoms with E-state index in [9.17, 15) is 0 Å². The summed E-state index contributed by atoms with van der Waals surface area (Å²) in [5.74, 6) is 0. The molecule has 0 radical (unpaired) electrons. The fraction of sp³-hybridized carbons (Fsp3) is 0.300. The summed E-state index contributed by atoms with van der Waals surface area (Å²) in [7, 11) is 0. The van der Waals surface area contributed by atoms with E-state index in [1.165, 1.54) is 6.26 Å². The van der Waals surface area contributed by atoms with Gasteiger partial charge in [-0.1, -0.05) is 0 Å². The summed E-state index contributed by atoms with van der Waals surface area (Å²) in [6, 6.07) is 3.37. The molecule has 15 heavy (non-hydrogen) atoms. The molecule has 2 heterocycles. The van der Waals surface area contributed by atoms with Crippen molar-refractivity contribution in [2.45, 2.75) is 19.5 Å². The van der Waals surface area contributed by atoms with E-state index in [0.29, 0.717) is 5.22 Å². The van der Waals surface area contributed by atoms with Gasteiger partial charge in [-0.25, -0.2) is 0 Å². The summed E-state index contributed by atoms with van der Waals surface area (Å²) in [6.07, 6.45) is 3.26. The third-order valence-electron chi connectivity index (χ3n) is 2.35. The van der Waals surface area contributed by atoms with Gasteiger partial charge in [0.05, 0.1) is 18.0 Å². The van der Waals surface area contributed by atoms with Crippen LogP contribution < -0.4 is 5.73 Å². The first-order valence-electron chi connectivity index (χ1n) is 4.74. The van der Waals surface area contributed by atoms with Crippen molar-refractivity contribution in [3.8, 4) is 0 Å². The fourth-order valence-electron chi connectivity index (χ4n) is 1.56. The van der Waals surface area contributed by atoms with E-state index in [4.69, 9.17) is 21.8 Å². The topological polar surface area (TPSA) is 57.0 Å². The monoisotopic (exact) mass is 225 g/mol. The van der Waals surface area contributed by atoms with Crippen molar-refractivity contribution in [3.05, 3.63) is 41.1 Å². The minimum atomic E-state index is -0.293. The van der Waals surface area contributed by atoms with Crippen molar-refractivity contribution in [2.24, 2.45) is 5.73 Å². The standard InChI is InChI=1S/C10H12ClN3O/c1-2-14-8(3-5-13-14)9(12)7-4-6-15-10(7)11/h3-6,9H,2,12H2,1H3. The lowest BCUT2D eigenvalue weighted by atomic mass is 10.1. The highest BCUT2D eigenvalue weighted by molar-refractivity contribution is 6.29. The summed E-state index contributed by atoms with van der Waals surface area (Å²) < 4.78 is 6.85. The smallest absolute Gasteiger partial charge is 0.198 e. The second-order valence-electron chi connectivity index (χ2n) is 3.20. The lowest BCUT2D eigenvalue weighted by Crippen LogP contribution is -2.16. The summed E-state index contributed by atoms with van der Waals surface area (Å²) >= 11 is 5.87. The molecule has 0 aliphatic carbocycles. The minimum absolute atomic E-state index is 0.293. The van der Waals surface area contributed by atoms with Crippen molar-refractivity contribution >= 4 is 11.6 Å². The molecule has 2 aromatic rings. The van der Waals surface area contributed by atoms with E-state index in [2.05, 4.69) is 5.10 Å². The Kier molecular flexibility index (Phi) is 2.79. The molecule has 0 aromatic carbocycles. The largest absolute Gasteiger partial charge is 0.453 e. The molecular formula is C10H12ClN3O. The molecule has 0 aliphatic rings. The summed E-state index contributed by atoms with van der Waals surface area (Å²) in [4.78, 5) is 0. The van der Waals surface area contributed by atoms with E-state index in [0.717, 1.165) is 17.8 Å². The number of furan rings is 1. The number of nitrogens with two attached hydrogens (primary N) is 1. The molecular weight excluding hydrogens is 214 g/mol. The fourth-order valence-corrected chi connectivity index (χ4v) is 1.79. The highest BCUT2D eigenvalue weighted by Gasteiger charge is 2.17. The maximum atomic E-state index is 6.08. The molecule has 0 amide bonds. The Morgan fingerprint density at radius 3 is 3.00 bits per heavy atom. The van der Waals surface area contributed by atoms with Crippen LogP contribution in [-0.2, 0) is 6.54 Å². The third-order valence-corrected chi connectivity index (χ3v) is 2.66. The van der Waals surface area contributed by atoms with E-state index < -0.39 is 0 Å². The van der Waals surface area contributed by atoms with E-state index in [-0.39, 0.29) is 6.04 Å². The van der Waals surface area contributed by atoms with Crippen molar-refractivity contribution in [1.29, 1.82) is 0 Å². The number of aromatic nitrogens is 2. The number of nitrogens with zero attached hydrogens (tertiary/aromatic N) is 2. The van der Waals surface area contributed by atoms with Crippen LogP contribution in [0, 0.1) is 0 Å². The Morgan fingerprint density at radius 1 is 1.60 bits per heavy atom. The molecule has 2 aromatic heterocycles. The molecule has 0 saturated heterocycles. The molecule has 0 spiro atoms. The lowest BCUT2D eigenvalue weighted by Gasteiger charge is -2.11. The Balaban J connectivity index is 2.36. The highest BCUT2D eigenvalue weighted by atomic mass is 35.5. The van der Waals surface area contributed by atoms with Crippen molar-refractivity contribution < 1.29 is 4.42 Å². The Bertz CT molecular complexity index is 449. The number of hydrogen-bond donors (Lipinski definition) is 1. The molecule has 1 unspecified atom stereocenters. The van der Waals surface area contributed by atoms with Crippen LogP contribution in [-0.4, -0.2) is 9.78 Å². The maximum Gasteiger partial charge on any atom is 0.198 e. The zero-order chi connectivity index (χ0) is 10.8. The van der Waals surface area contributed by atoms with E-state index >= 15 is 0 Å². The summed E-state index contributed by atoms with van der Waals surface area (Å²) in [5, 5.41) is 4.50. The first-order valence-corrected chi connectivity index (χ1v) is 5.12. The van der Waals surface area contributed by atoms with E-state index in [1.807, 2.05) is 17.7 Å². The average molecular weight is 226 g/mol. The van der Waals surface area contributed by atoms with Crippen LogP contribution in [0.3, 0.4) is 0 Å². The van der Waals surface area contributed by atoms with Crippen molar-refractivity contribution in [2.75, 3.05) is 0 Å². The molecule has 2 rings (SSSR count). The Labute approximate surface area is 92.6 Å². The van der Waals surface area contributed by atoms with E-state index in [1.54, 1.807) is 12.3 Å². The van der Waals surface area contributed by atoms with Gasteiger partial charge in [0.1, 0.15) is 0 Å². The molecule has 0 fully saturated rings. The zero-order valence-electron chi connectivity index (χ0n) is 8.35. The zero-order valence-corrected chi connectivity index (χ0v) is 9.11. The normalized spacial score (nSPS) is 13.0. The van der Waals surface area contributed by atoms with Crippen LogP contribution >= 0.6 is 11.6 Å². The van der Waals surface area contributed by atoms with Gasteiger partial charge in [-0.15, -0.1) is 0 Å². The first kappa shape index (κ1) is 10.3. The predicted octanol–water partition coefficient (Wildman–Crippen LogP) is 2.20. The van der Waals surface area contributed by atoms with Crippen molar-refractivity contribution in [3.63, 3.8) is 0 Å². The van der Waals surface area contributed by atoms with Gasteiger partial charge < -0.3 is 10.2 Å². The lowest BCUT2D eigenvalue weighted by molar-refractivity contribution is 0.558. The highest BCUT2D eigenvalue weighted by Crippen LogP contribution is 2.26. The quantitative estimate of drug-likeness (QED) is 0.871. The van der Waals surface area contributed by atoms with Gasteiger partial charge in [0, 0.05) is 18.3 Å². The number of halogens is 1. The third kappa shape index (κ3) is 1.78. The van der Waals surface area contributed by atoms with Crippen LogP contribution in [0.5, 0.6) is 0 Å². The SMILES string of the molecule is CCn1nccc1C(N)c1ccoc1Cl. The van der Waals surface area contributed by atoms with Gasteiger partial charge in [0.2, 0.25) is 0 Å². The van der Waals surface area contributed by atoms with Gasteiger partial charge in [-0.3, -0.25) is 4.68 Å². The number of aryl methyl sites for hydroxylation is 1. The second-order valence-corrected chi connectivity index (χ2v) is 3.54. The molecule has 0 aliphatic heterocycles. The molecule has 2 N–H and O–H groups in total. The van der Waals surface area contributed by atoms with Crippen LogP contribution in [0.4, 0.5) is 0 Å². The molecule has 0 saturated carbocycles. The van der Waals surface area contributed by atoms with Crippen LogP contribution in [0.1, 0.15) is 24.2 Å².